The minimum atomic E-state index is 0.170. The Labute approximate surface area is 116 Å². The highest BCUT2D eigenvalue weighted by Gasteiger charge is 2.15. The fraction of sp³-hybridized carbons (Fsp3) is 0.200. The molecule has 0 unspecified atom stereocenters. The average Bonchev–Trinajstić information content (AvgIpc) is 2.87. The van der Waals surface area contributed by atoms with E-state index in [1.165, 1.54) is 0 Å². The number of rotatable bonds is 3. The quantitative estimate of drug-likeness (QED) is 0.792. The summed E-state index contributed by atoms with van der Waals surface area (Å²) in [4.78, 5) is 6.26. The van der Waals surface area contributed by atoms with Crippen LogP contribution in [-0.2, 0) is 6.54 Å². The van der Waals surface area contributed by atoms with Crippen LogP contribution in [0.3, 0.4) is 0 Å². The Kier molecular flexibility index (Phi) is 3.12. The summed E-state index contributed by atoms with van der Waals surface area (Å²) < 4.78 is 5.23. The molecule has 5 heteroatoms. The van der Waals surface area contributed by atoms with Gasteiger partial charge in [0.1, 0.15) is 5.75 Å². The van der Waals surface area contributed by atoms with Crippen molar-refractivity contribution in [1.29, 1.82) is 0 Å². The number of aromatic nitrogens is 2. The first-order valence-electron chi connectivity index (χ1n) is 6.33. The lowest BCUT2D eigenvalue weighted by molar-refractivity contribution is 0.365. The zero-order valence-corrected chi connectivity index (χ0v) is 11.4. The number of phenols is 1. The Bertz CT molecular complexity index is 750. The molecular formula is C15H15N3O2. The van der Waals surface area contributed by atoms with Crippen molar-refractivity contribution in [3.05, 3.63) is 42.2 Å². The molecule has 0 atom stereocenters. The smallest absolute Gasteiger partial charge is 0.261 e. The van der Waals surface area contributed by atoms with Crippen LogP contribution in [0, 0.1) is 0 Å². The lowest BCUT2D eigenvalue weighted by atomic mass is 10.1. The largest absolute Gasteiger partial charge is 0.506 e. The number of phenolic OH excluding ortho intramolecular Hbond substituents is 1. The molecule has 2 aromatic carbocycles. The zero-order valence-electron chi connectivity index (χ0n) is 11.4. The Morgan fingerprint density at radius 1 is 1.15 bits per heavy atom. The molecule has 0 saturated carbocycles. The summed E-state index contributed by atoms with van der Waals surface area (Å²) in [5.74, 6) is 1.10. The predicted molar refractivity (Wildman–Crippen MR) is 76.3 cm³/mol. The van der Waals surface area contributed by atoms with Gasteiger partial charge < -0.3 is 14.5 Å². The van der Waals surface area contributed by atoms with E-state index in [1.807, 2.05) is 49.3 Å². The van der Waals surface area contributed by atoms with Gasteiger partial charge in [0.05, 0.1) is 12.1 Å². The van der Waals surface area contributed by atoms with Crippen molar-refractivity contribution >= 4 is 10.8 Å². The third-order valence-corrected chi connectivity index (χ3v) is 3.06. The third-order valence-electron chi connectivity index (χ3n) is 3.06. The van der Waals surface area contributed by atoms with Crippen molar-refractivity contribution in [2.24, 2.45) is 0 Å². The number of aromatic hydroxyl groups is 1. The van der Waals surface area contributed by atoms with E-state index in [0.29, 0.717) is 23.8 Å². The molecule has 20 heavy (non-hydrogen) atoms. The monoisotopic (exact) mass is 269 g/mol. The van der Waals surface area contributed by atoms with Crippen LogP contribution in [0.5, 0.6) is 5.75 Å². The van der Waals surface area contributed by atoms with E-state index < -0.39 is 0 Å². The number of hydrogen-bond acceptors (Lipinski definition) is 5. The second-order valence-corrected chi connectivity index (χ2v) is 4.94. The maximum absolute atomic E-state index is 10.4. The highest BCUT2D eigenvalue weighted by atomic mass is 16.5. The van der Waals surface area contributed by atoms with E-state index in [4.69, 9.17) is 4.52 Å². The summed E-state index contributed by atoms with van der Waals surface area (Å²) in [6, 6.07) is 11.4. The Morgan fingerprint density at radius 2 is 1.95 bits per heavy atom. The summed E-state index contributed by atoms with van der Waals surface area (Å²) in [6.07, 6.45) is 0. The molecule has 102 valence electrons. The molecule has 1 aromatic heterocycles. The Balaban J connectivity index is 2.05. The van der Waals surface area contributed by atoms with E-state index in [-0.39, 0.29) is 5.75 Å². The molecule has 0 fully saturated rings. The molecule has 0 saturated heterocycles. The summed E-state index contributed by atoms with van der Waals surface area (Å²) in [6.45, 7) is 0.595. The van der Waals surface area contributed by atoms with Crippen LogP contribution < -0.4 is 0 Å². The summed E-state index contributed by atoms with van der Waals surface area (Å²) in [5, 5.41) is 16.0. The van der Waals surface area contributed by atoms with Crippen LogP contribution in [0.15, 0.2) is 40.9 Å². The van der Waals surface area contributed by atoms with E-state index in [1.54, 1.807) is 6.07 Å². The number of fused-ring (bicyclic) bond motifs is 1. The van der Waals surface area contributed by atoms with Crippen LogP contribution in [-0.4, -0.2) is 34.2 Å². The number of hydrogen-bond donors (Lipinski definition) is 1. The highest BCUT2D eigenvalue weighted by molar-refractivity contribution is 5.93. The zero-order chi connectivity index (χ0) is 14.1. The maximum Gasteiger partial charge on any atom is 0.261 e. The molecule has 1 N–H and O–H groups in total. The average molecular weight is 269 g/mol. The van der Waals surface area contributed by atoms with Gasteiger partial charge in [-0.05, 0) is 25.5 Å². The van der Waals surface area contributed by atoms with E-state index in [9.17, 15) is 5.11 Å². The van der Waals surface area contributed by atoms with Gasteiger partial charge in [-0.1, -0.05) is 35.5 Å². The van der Waals surface area contributed by atoms with Crippen LogP contribution in [0.1, 0.15) is 5.82 Å². The molecule has 0 aliphatic carbocycles. The van der Waals surface area contributed by atoms with E-state index in [2.05, 4.69) is 10.1 Å². The molecule has 0 radical (unpaired) electrons. The first-order valence-corrected chi connectivity index (χ1v) is 6.33. The van der Waals surface area contributed by atoms with Crippen LogP contribution in [0.25, 0.3) is 22.2 Å². The van der Waals surface area contributed by atoms with Gasteiger partial charge in [0, 0.05) is 5.39 Å². The highest BCUT2D eigenvalue weighted by Crippen LogP contribution is 2.34. The second-order valence-electron chi connectivity index (χ2n) is 4.94. The summed E-state index contributed by atoms with van der Waals surface area (Å²) in [7, 11) is 3.87. The third kappa shape index (κ3) is 2.23. The normalized spacial score (nSPS) is 11.3. The minimum absolute atomic E-state index is 0.170. The fourth-order valence-corrected chi connectivity index (χ4v) is 2.14. The molecule has 3 aromatic rings. The second kappa shape index (κ2) is 4.94. The molecule has 0 bridgehead atoms. The first-order chi connectivity index (χ1) is 9.65. The van der Waals surface area contributed by atoms with Crippen LogP contribution in [0.2, 0.25) is 0 Å². The van der Waals surface area contributed by atoms with Gasteiger partial charge in [0.25, 0.3) is 5.89 Å². The van der Waals surface area contributed by atoms with Crippen molar-refractivity contribution in [3.63, 3.8) is 0 Å². The summed E-state index contributed by atoms with van der Waals surface area (Å²) >= 11 is 0. The van der Waals surface area contributed by atoms with Crippen molar-refractivity contribution in [2.75, 3.05) is 14.1 Å². The van der Waals surface area contributed by atoms with Gasteiger partial charge in [-0.2, -0.15) is 4.98 Å². The van der Waals surface area contributed by atoms with E-state index in [0.717, 1.165) is 10.8 Å². The Morgan fingerprint density at radius 3 is 2.75 bits per heavy atom. The molecule has 0 aliphatic heterocycles. The molecule has 0 amide bonds. The van der Waals surface area contributed by atoms with Gasteiger partial charge in [-0.3, -0.25) is 0 Å². The van der Waals surface area contributed by atoms with E-state index >= 15 is 0 Å². The SMILES string of the molecule is CN(C)Cc1noc(-c2ccc3ccccc3c2O)n1. The number of benzene rings is 2. The van der Waals surface area contributed by atoms with Crippen molar-refractivity contribution in [2.45, 2.75) is 6.54 Å². The van der Waals surface area contributed by atoms with Crippen LogP contribution in [0.4, 0.5) is 0 Å². The first kappa shape index (κ1) is 12.6. The minimum Gasteiger partial charge on any atom is -0.506 e. The maximum atomic E-state index is 10.4. The van der Waals surface area contributed by atoms with Crippen molar-refractivity contribution in [1.82, 2.24) is 15.0 Å². The number of nitrogens with zero attached hydrogens (tertiary/aromatic N) is 3. The lowest BCUT2D eigenvalue weighted by Crippen LogP contribution is -2.11. The van der Waals surface area contributed by atoms with Gasteiger partial charge >= 0.3 is 0 Å². The topological polar surface area (TPSA) is 62.4 Å². The standard InChI is InChI=1S/C15H15N3O2/c1-18(2)9-13-16-15(20-17-13)12-8-7-10-5-3-4-6-11(10)14(12)19/h3-8,19H,9H2,1-2H3. The molecular weight excluding hydrogens is 254 g/mol. The molecule has 5 nitrogen and oxygen atoms in total. The van der Waals surface area contributed by atoms with Gasteiger partial charge in [0.15, 0.2) is 5.82 Å². The molecule has 0 spiro atoms. The van der Waals surface area contributed by atoms with Crippen LogP contribution >= 0.6 is 0 Å². The molecule has 3 rings (SSSR count). The molecule has 0 aliphatic rings. The predicted octanol–water partition coefficient (Wildman–Crippen LogP) is 2.66. The molecule has 1 heterocycles. The van der Waals surface area contributed by atoms with Crippen molar-refractivity contribution < 1.29 is 9.63 Å². The lowest BCUT2D eigenvalue weighted by Gasteiger charge is -2.04. The van der Waals surface area contributed by atoms with Gasteiger partial charge in [-0.15, -0.1) is 0 Å². The summed E-state index contributed by atoms with van der Waals surface area (Å²) in [5.41, 5.74) is 0.557. The van der Waals surface area contributed by atoms with Gasteiger partial charge in [-0.25, -0.2) is 0 Å². The van der Waals surface area contributed by atoms with Gasteiger partial charge in [0.2, 0.25) is 0 Å². The van der Waals surface area contributed by atoms with Crippen molar-refractivity contribution in [3.8, 4) is 17.2 Å². The fourth-order valence-electron chi connectivity index (χ4n) is 2.14. The Hall–Kier alpha value is -2.40.